The van der Waals surface area contributed by atoms with E-state index in [1.165, 1.54) is 0 Å². The second kappa shape index (κ2) is 9.83. The first-order valence-corrected chi connectivity index (χ1v) is 12.7. The molecule has 5 heterocycles. The van der Waals surface area contributed by atoms with E-state index in [0.29, 0.717) is 23.8 Å². The summed E-state index contributed by atoms with van der Waals surface area (Å²) in [6, 6.07) is 9.98. The highest BCUT2D eigenvalue weighted by Gasteiger charge is 2.27. The molecule has 0 bridgehead atoms. The van der Waals surface area contributed by atoms with Gasteiger partial charge in [0.2, 0.25) is 0 Å². The Balaban J connectivity index is 1.25. The minimum atomic E-state index is -0.0814. The predicted molar refractivity (Wildman–Crippen MR) is 139 cm³/mol. The number of pyridine rings is 1. The van der Waals surface area contributed by atoms with Crippen molar-refractivity contribution in [2.45, 2.75) is 25.3 Å². The smallest absolute Gasteiger partial charge is 0.254 e. The fourth-order valence-corrected chi connectivity index (χ4v) is 5.22. The lowest BCUT2D eigenvalue weighted by atomic mass is 9.97. The van der Waals surface area contributed by atoms with Crippen molar-refractivity contribution in [2.24, 2.45) is 0 Å². The predicted octanol–water partition coefficient (Wildman–Crippen LogP) is 3.17. The third-order valence-corrected chi connectivity index (χ3v) is 7.38. The van der Waals surface area contributed by atoms with Gasteiger partial charge in [-0.15, -0.1) is 0 Å². The van der Waals surface area contributed by atoms with Crippen molar-refractivity contribution in [3.63, 3.8) is 0 Å². The Morgan fingerprint density at radius 2 is 1.86 bits per heavy atom. The zero-order valence-corrected chi connectivity index (χ0v) is 20.5. The van der Waals surface area contributed by atoms with Crippen LogP contribution in [0.3, 0.4) is 0 Å². The third kappa shape index (κ3) is 4.52. The summed E-state index contributed by atoms with van der Waals surface area (Å²) >= 11 is 0. The molecular formula is C27H31N7O2. The molecule has 2 saturated heterocycles. The number of benzene rings is 1. The van der Waals surface area contributed by atoms with Gasteiger partial charge in [0.25, 0.3) is 5.91 Å². The van der Waals surface area contributed by atoms with Crippen LogP contribution in [-0.2, 0) is 11.3 Å². The van der Waals surface area contributed by atoms with E-state index >= 15 is 0 Å². The summed E-state index contributed by atoms with van der Waals surface area (Å²) in [4.78, 5) is 31.6. The van der Waals surface area contributed by atoms with Crippen molar-refractivity contribution in [2.75, 3.05) is 56.7 Å². The quantitative estimate of drug-likeness (QED) is 0.569. The molecule has 3 aliphatic rings. The molecule has 9 nitrogen and oxygen atoms in total. The number of nitrogens with zero attached hydrogens (tertiary/aromatic N) is 5. The van der Waals surface area contributed by atoms with E-state index in [2.05, 4.69) is 43.5 Å². The fourth-order valence-electron chi connectivity index (χ4n) is 5.22. The molecule has 6 rings (SSSR count). The van der Waals surface area contributed by atoms with Crippen molar-refractivity contribution in [3.05, 3.63) is 59.7 Å². The number of nitrogens with one attached hydrogen (secondary N) is 2. The second-order valence-electron chi connectivity index (χ2n) is 9.70. The topological polar surface area (TPSA) is 95.5 Å². The number of hydrogen-bond donors (Lipinski definition) is 2. The summed E-state index contributed by atoms with van der Waals surface area (Å²) in [6.07, 6.45) is 5.60. The molecule has 3 aromatic rings. The van der Waals surface area contributed by atoms with Gasteiger partial charge < -0.3 is 25.2 Å². The molecule has 0 atom stereocenters. The van der Waals surface area contributed by atoms with Crippen LogP contribution in [0.15, 0.2) is 42.7 Å². The first-order valence-electron chi connectivity index (χ1n) is 12.7. The Morgan fingerprint density at radius 3 is 2.64 bits per heavy atom. The summed E-state index contributed by atoms with van der Waals surface area (Å²) in [7, 11) is 2.15. The normalized spacial score (nSPS) is 18.7. The fraction of sp³-hybridized carbons (Fsp3) is 0.407. The minimum Gasteiger partial charge on any atom is -0.381 e. The van der Waals surface area contributed by atoms with Gasteiger partial charge in [-0.3, -0.25) is 4.79 Å². The third-order valence-electron chi connectivity index (χ3n) is 7.38. The first-order chi connectivity index (χ1) is 17.7. The standard InChI is InChI=1S/C27H31N7O2/c1-33-10-12-34(13-11-33)19-2-5-24(29-16-19)31-23-4-3-20(21-17-30-27(35)25(21)23)22-6-9-28-26(32-22)18-7-14-36-15-8-18/h2-6,9,16,18H,7-8,10-15,17H2,1H3,(H,29,31)(H,30,35). The SMILES string of the molecule is CN1CCN(c2ccc(Nc3ccc(-c4ccnc(C5CCOCC5)n4)c4c3C(=O)NC4)nc2)CC1. The maximum atomic E-state index is 12.8. The van der Waals surface area contributed by atoms with E-state index in [-0.39, 0.29) is 5.91 Å². The number of piperazine rings is 1. The molecule has 2 fully saturated rings. The van der Waals surface area contributed by atoms with E-state index in [4.69, 9.17) is 9.72 Å². The van der Waals surface area contributed by atoms with Gasteiger partial charge in [-0.25, -0.2) is 15.0 Å². The van der Waals surface area contributed by atoms with Crippen LogP contribution >= 0.6 is 0 Å². The van der Waals surface area contributed by atoms with Gasteiger partial charge in [-0.05, 0) is 49.7 Å². The largest absolute Gasteiger partial charge is 0.381 e. The van der Waals surface area contributed by atoms with Crippen molar-refractivity contribution < 1.29 is 9.53 Å². The Morgan fingerprint density at radius 1 is 1.03 bits per heavy atom. The van der Waals surface area contributed by atoms with Crippen LogP contribution in [0.4, 0.5) is 17.2 Å². The number of hydrogen-bond acceptors (Lipinski definition) is 8. The zero-order chi connectivity index (χ0) is 24.5. The van der Waals surface area contributed by atoms with Gasteiger partial charge in [0.05, 0.1) is 28.8 Å². The number of fused-ring (bicyclic) bond motifs is 1. The van der Waals surface area contributed by atoms with E-state index in [1.54, 1.807) is 0 Å². The molecule has 0 saturated carbocycles. The van der Waals surface area contributed by atoms with Crippen molar-refractivity contribution in [3.8, 4) is 11.3 Å². The first kappa shape index (κ1) is 22.9. The lowest BCUT2D eigenvalue weighted by Crippen LogP contribution is -2.44. The van der Waals surface area contributed by atoms with E-state index in [1.807, 2.05) is 36.7 Å². The molecule has 186 valence electrons. The Kier molecular flexibility index (Phi) is 6.25. The van der Waals surface area contributed by atoms with Crippen LogP contribution in [0, 0.1) is 0 Å². The zero-order valence-electron chi connectivity index (χ0n) is 20.5. The Bertz CT molecular complexity index is 1250. The summed E-state index contributed by atoms with van der Waals surface area (Å²) < 4.78 is 5.49. The average molecular weight is 486 g/mol. The van der Waals surface area contributed by atoms with Gasteiger partial charge in [0, 0.05) is 63.6 Å². The van der Waals surface area contributed by atoms with Crippen LogP contribution in [0.5, 0.6) is 0 Å². The van der Waals surface area contributed by atoms with Crippen LogP contribution < -0.4 is 15.5 Å². The van der Waals surface area contributed by atoms with Crippen molar-refractivity contribution in [1.29, 1.82) is 0 Å². The van der Waals surface area contributed by atoms with Crippen molar-refractivity contribution in [1.82, 2.24) is 25.2 Å². The van der Waals surface area contributed by atoms with Gasteiger partial charge in [0.1, 0.15) is 11.6 Å². The van der Waals surface area contributed by atoms with E-state index in [0.717, 1.165) is 86.3 Å². The molecule has 0 unspecified atom stereocenters. The van der Waals surface area contributed by atoms with Crippen LogP contribution in [0.1, 0.15) is 40.5 Å². The summed E-state index contributed by atoms with van der Waals surface area (Å²) in [5.41, 5.74) is 5.29. The van der Waals surface area contributed by atoms with Gasteiger partial charge in [-0.2, -0.15) is 0 Å². The summed E-state index contributed by atoms with van der Waals surface area (Å²) in [5, 5.41) is 6.35. The summed E-state index contributed by atoms with van der Waals surface area (Å²) in [6.45, 7) is 6.07. The molecule has 2 N–H and O–H groups in total. The molecule has 3 aliphatic heterocycles. The molecule has 0 spiro atoms. The molecular weight excluding hydrogens is 454 g/mol. The number of rotatable bonds is 5. The molecule has 0 aliphatic carbocycles. The van der Waals surface area contributed by atoms with Crippen LogP contribution in [0.25, 0.3) is 11.3 Å². The average Bonchev–Trinajstić information content (AvgIpc) is 3.32. The lowest BCUT2D eigenvalue weighted by Gasteiger charge is -2.33. The highest BCUT2D eigenvalue weighted by atomic mass is 16.5. The number of ether oxygens (including phenoxy) is 1. The number of anilines is 3. The van der Waals surface area contributed by atoms with Gasteiger partial charge in [-0.1, -0.05) is 6.07 Å². The number of aromatic nitrogens is 3. The van der Waals surface area contributed by atoms with Crippen LogP contribution in [-0.4, -0.2) is 72.2 Å². The summed E-state index contributed by atoms with van der Waals surface area (Å²) in [5.74, 6) is 1.80. The molecule has 9 heteroatoms. The van der Waals surface area contributed by atoms with Crippen LogP contribution in [0.2, 0.25) is 0 Å². The molecule has 36 heavy (non-hydrogen) atoms. The van der Waals surface area contributed by atoms with Crippen molar-refractivity contribution >= 4 is 23.1 Å². The van der Waals surface area contributed by atoms with E-state index < -0.39 is 0 Å². The molecule has 1 amide bonds. The molecule has 2 aromatic heterocycles. The van der Waals surface area contributed by atoms with Gasteiger partial charge >= 0.3 is 0 Å². The Labute approximate surface area is 210 Å². The Hall–Kier alpha value is -3.56. The highest BCUT2D eigenvalue weighted by molar-refractivity contribution is 6.06. The number of carbonyl (C=O) groups excluding carboxylic acids is 1. The van der Waals surface area contributed by atoms with Gasteiger partial charge in [0.15, 0.2) is 0 Å². The maximum absolute atomic E-state index is 12.8. The minimum absolute atomic E-state index is 0.0814. The highest BCUT2D eigenvalue weighted by Crippen LogP contribution is 2.35. The lowest BCUT2D eigenvalue weighted by molar-refractivity contribution is 0.0836. The second-order valence-corrected chi connectivity index (χ2v) is 9.70. The molecule has 0 radical (unpaired) electrons. The molecule has 1 aromatic carbocycles. The maximum Gasteiger partial charge on any atom is 0.254 e. The number of carbonyl (C=O) groups is 1. The number of likely N-dealkylation sites (N-methyl/N-ethyl adjacent to an activating group) is 1. The number of amides is 1. The van der Waals surface area contributed by atoms with E-state index in [9.17, 15) is 4.79 Å². The monoisotopic (exact) mass is 485 g/mol.